The van der Waals surface area contributed by atoms with E-state index in [0.29, 0.717) is 0 Å². The second kappa shape index (κ2) is 5.38. The van der Waals surface area contributed by atoms with Crippen LogP contribution in [-0.2, 0) is 19.5 Å². The lowest BCUT2D eigenvalue weighted by molar-refractivity contribution is 0.245. The number of fused-ring (bicyclic) bond motifs is 1. The predicted molar refractivity (Wildman–Crippen MR) is 76.3 cm³/mol. The lowest BCUT2D eigenvalue weighted by Crippen LogP contribution is -2.30. The minimum absolute atomic E-state index is 0.765. The van der Waals surface area contributed by atoms with Gasteiger partial charge in [0, 0.05) is 31.4 Å². The molecule has 0 amide bonds. The van der Waals surface area contributed by atoms with Crippen molar-refractivity contribution in [3.8, 4) is 0 Å². The highest BCUT2D eigenvalue weighted by atomic mass is 15.3. The number of benzene rings is 1. The minimum atomic E-state index is 0.765. The van der Waals surface area contributed by atoms with Crippen LogP contribution in [0.1, 0.15) is 16.7 Å². The molecule has 0 aliphatic carbocycles. The van der Waals surface area contributed by atoms with Crippen molar-refractivity contribution < 1.29 is 0 Å². The average molecular weight is 254 g/mol. The summed E-state index contributed by atoms with van der Waals surface area (Å²) < 4.78 is 0. The Kier molecular flexibility index (Phi) is 3.44. The van der Waals surface area contributed by atoms with E-state index in [2.05, 4.69) is 45.6 Å². The van der Waals surface area contributed by atoms with Gasteiger partial charge >= 0.3 is 0 Å². The van der Waals surface area contributed by atoms with E-state index in [1.165, 1.54) is 11.1 Å². The molecular weight excluding hydrogens is 236 g/mol. The fraction of sp³-hybridized carbons (Fsp3) is 0.267. The van der Waals surface area contributed by atoms with Crippen molar-refractivity contribution in [2.24, 2.45) is 5.84 Å². The minimum Gasteiger partial charge on any atom is -0.308 e. The normalized spacial score (nSPS) is 15.0. The van der Waals surface area contributed by atoms with Gasteiger partial charge in [0.15, 0.2) is 0 Å². The van der Waals surface area contributed by atoms with E-state index in [1.54, 1.807) is 6.20 Å². The van der Waals surface area contributed by atoms with Gasteiger partial charge in [0.25, 0.3) is 0 Å². The SMILES string of the molecule is NNc1ncccc1CN1CCc2ccccc2C1. The molecule has 1 aliphatic heterocycles. The molecule has 0 bridgehead atoms. The summed E-state index contributed by atoms with van der Waals surface area (Å²) in [6, 6.07) is 12.7. The van der Waals surface area contributed by atoms with E-state index < -0.39 is 0 Å². The Balaban J connectivity index is 1.75. The summed E-state index contributed by atoms with van der Waals surface area (Å²) in [6.45, 7) is 2.95. The van der Waals surface area contributed by atoms with Gasteiger partial charge in [-0.3, -0.25) is 4.90 Å². The highest BCUT2D eigenvalue weighted by molar-refractivity contribution is 5.42. The van der Waals surface area contributed by atoms with Gasteiger partial charge in [-0.05, 0) is 23.6 Å². The van der Waals surface area contributed by atoms with Gasteiger partial charge in [0.05, 0.1) is 0 Å². The van der Waals surface area contributed by atoms with Gasteiger partial charge < -0.3 is 5.43 Å². The quantitative estimate of drug-likeness (QED) is 0.649. The number of pyridine rings is 1. The highest BCUT2D eigenvalue weighted by Gasteiger charge is 2.16. The molecule has 0 saturated heterocycles. The van der Waals surface area contributed by atoms with E-state index in [-0.39, 0.29) is 0 Å². The van der Waals surface area contributed by atoms with E-state index in [1.807, 2.05) is 6.07 Å². The van der Waals surface area contributed by atoms with Crippen LogP contribution >= 0.6 is 0 Å². The van der Waals surface area contributed by atoms with Gasteiger partial charge in [0.2, 0.25) is 0 Å². The zero-order valence-electron chi connectivity index (χ0n) is 10.8. The zero-order valence-corrected chi connectivity index (χ0v) is 10.8. The maximum atomic E-state index is 5.50. The van der Waals surface area contributed by atoms with Gasteiger partial charge in [0.1, 0.15) is 5.82 Å². The number of aromatic nitrogens is 1. The molecule has 0 spiro atoms. The van der Waals surface area contributed by atoms with Crippen molar-refractivity contribution >= 4 is 5.82 Å². The number of nitrogens with one attached hydrogen (secondary N) is 1. The molecule has 98 valence electrons. The Bertz CT molecular complexity index is 568. The molecule has 1 aliphatic rings. The van der Waals surface area contributed by atoms with Crippen LogP contribution in [0.3, 0.4) is 0 Å². The summed E-state index contributed by atoms with van der Waals surface area (Å²) in [6.07, 6.45) is 2.87. The number of anilines is 1. The summed E-state index contributed by atoms with van der Waals surface area (Å²) in [5.41, 5.74) is 6.71. The van der Waals surface area contributed by atoms with Crippen molar-refractivity contribution in [3.63, 3.8) is 0 Å². The molecule has 0 fully saturated rings. The lowest BCUT2D eigenvalue weighted by Gasteiger charge is -2.29. The van der Waals surface area contributed by atoms with Crippen molar-refractivity contribution in [3.05, 3.63) is 59.3 Å². The molecule has 3 rings (SSSR count). The van der Waals surface area contributed by atoms with Gasteiger partial charge in [-0.15, -0.1) is 0 Å². The molecule has 3 N–H and O–H groups in total. The fourth-order valence-corrected chi connectivity index (χ4v) is 2.63. The third-order valence-electron chi connectivity index (χ3n) is 3.63. The second-order valence-corrected chi connectivity index (χ2v) is 4.88. The van der Waals surface area contributed by atoms with Crippen LogP contribution in [0.5, 0.6) is 0 Å². The number of nitrogen functional groups attached to an aromatic ring is 1. The maximum Gasteiger partial charge on any atom is 0.144 e. The molecule has 2 heterocycles. The fourth-order valence-electron chi connectivity index (χ4n) is 2.63. The summed E-state index contributed by atoms with van der Waals surface area (Å²) in [7, 11) is 0. The molecule has 4 nitrogen and oxygen atoms in total. The van der Waals surface area contributed by atoms with Gasteiger partial charge in [-0.25, -0.2) is 10.8 Å². The first-order valence-corrected chi connectivity index (χ1v) is 6.56. The number of hydrazine groups is 1. The largest absolute Gasteiger partial charge is 0.308 e. The van der Waals surface area contributed by atoms with Crippen LogP contribution in [-0.4, -0.2) is 16.4 Å². The van der Waals surface area contributed by atoms with Crippen LogP contribution in [0.25, 0.3) is 0 Å². The monoisotopic (exact) mass is 254 g/mol. The number of rotatable bonds is 3. The van der Waals surface area contributed by atoms with Gasteiger partial charge in [-0.1, -0.05) is 30.3 Å². The molecule has 1 aromatic heterocycles. The second-order valence-electron chi connectivity index (χ2n) is 4.88. The molecule has 0 unspecified atom stereocenters. The van der Waals surface area contributed by atoms with Crippen LogP contribution in [0.2, 0.25) is 0 Å². The summed E-state index contributed by atoms with van der Waals surface area (Å²) in [5.74, 6) is 6.27. The number of nitrogens with two attached hydrogens (primary N) is 1. The number of hydrogen-bond acceptors (Lipinski definition) is 4. The predicted octanol–water partition coefficient (Wildman–Crippen LogP) is 1.93. The Labute approximate surface area is 113 Å². The van der Waals surface area contributed by atoms with Crippen LogP contribution < -0.4 is 11.3 Å². The van der Waals surface area contributed by atoms with Crippen LogP contribution in [0.15, 0.2) is 42.6 Å². The summed E-state index contributed by atoms with van der Waals surface area (Å²) in [4.78, 5) is 6.67. The summed E-state index contributed by atoms with van der Waals surface area (Å²) in [5, 5.41) is 0. The summed E-state index contributed by atoms with van der Waals surface area (Å²) >= 11 is 0. The first kappa shape index (κ1) is 12.1. The lowest BCUT2D eigenvalue weighted by atomic mass is 9.99. The van der Waals surface area contributed by atoms with Crippen molar-refractivity contribution in [1.29, 1.82) is 0 Å². The topological polar surface area (TPSA) is 54.2 Å². The molecule has 2 aromatic rings. The molecule has 19 heavy (non-hydrogen) atoms. The van der Waals surface area contributed by atoms with E-state index >= 15 is 0 Å². The van der Waals surface area contributed by atoms with Crippen molar-refractivity contribution in [2.45, 2.75) is 19.5 Å². The van der Waals surface area contributed by atoms with Crippen LogP contribution in [0.4, 0.5) is 5.82 Å². The first-order valence-electron chi connectivity index (χ1n) is 6.56. The van der Waals surface area contributed by atoms with E-state index in [4.69, 9.17) is 5.84 Å². The van der Waals surface area contributed by atoms with E-state index in [9.17, 15) is 0 Å². The molecule has 0 atom stereocenters. The zero-order chi connectivity index (χ0) is 13.1. The standard InChI is InChI=1S/C15H18N4/c16-18-15-14(6-3-8-17-15)11-19-9-7-12-4-1-2-5-13(12)10-19/h1-6,8H,7,9-11,16H2,(H,17,18). The third-order valence-corrected chi connectivity index (χ3v) is 3.63. The van der Waals surface area contributed by atoms with Crippen LogP contribution in [0, 0.1) is 0 Å². The Morgan fingerprint density at radius 2 is 2.00 bits per heavy atom. The number of hydrogen-bond donors (Lipinski definition) is 2. The van der Waals surface area contributed by atoms with Gasteiger partial charge in [-0.2, -0.15) is 0 Å². The molecule has 0 radical (unpaired) electrons. The van der Waals surface area contributed by atoms with Crippen molar-refractivity contribution in [2.75, 3.05) is 12.0 Å². The Hall–Kier alpha value is -1.91. The third kappa shape index (κ3) is 2.59. The number of nitrogens with zero attached hydrogens (tertiary/aromatic N) is 2. The smallest absolute Gasteiger partial charge is 0.144 e. The first-order chi connectivity index (χ1) is 9.36. The molecule has 0 saturated carbocycles. The highest BCUT2D eigenvalue weighted by Crippen LogP contribution is 2.21. The molecule has 4 heteroatoms. The van der Waals surface area contributed by atoms with E-state index in [0.717, 1.165) is 37.4 Å². The molecule has 1 aromatic carbocycles. The maximum absolute atomic E-state index is 5.50. The Morgan fingerprint density at radius 1 is 1.16 bits per heavy atom. The average Bonchev–Trinajstić information content (AvgIpc) is 2.48. The molecular formula is C15H18N4. The Morgan fingerprint density at radius 3 is 2.84 bits per heavy atom. The van der Waals surface area contributed by atoms with Crippen molar-refractivity contribution in [1.82, 2.24) is 9.88 Å².